The molecule has 4 rings (SSSR count). The van der Waals surface area contributed by atoms with Gasteiger partial charge in [-0.15, -0.1) is 6.42 Å². The SMILES string of the molecule is C#C/C=C\C(=C/Cc1ccccc1)c1cccc2c1oc1ccccc12. The molecule has 3 aromatic carbocycles. The molecule has 1 nitrogen and oxygen atoms in total. The van der Waals surface area contributed by atoms with Crippen LogP contribution in [0.25, 0.3) is 27.5 Å². The molecular weight excluding hydrogens is 316 g/mol. The Bertz CT molecular complexity index is 1150. The van der Waals surface area contributed by atoms with Gasteiger partial charge in [0.15, 0.2) is 0 Å². The molecule has 124 valence electrons. The van der Waals surface area contributed by atoms with E-state index in [0.717, 1.165) is 39.5 Å². The van der Waals surface area contributed by atoms with Crippen molar-refractivity contribution in [3.8, 4) is 12.3 Å². The van der Waals surface area contributed by atoms with Crippen LogP contribution in [0.15, 0.2) is 95.4 Å². The van der Waals surface area contributed by atoms with E-state index in [2.05, 4.69) is 60.5 Å². The first kappa shape index (κ1) is 16.0. The van der Waals surface area contributed by atoms with Crippen LogP contribution in [0.1, 0.15) is 11.1 Å². The van der Waals surface area contributed by atoms with Gasteiger partial charge < -0.3 is 4.42 Å². The lowest BCUT2D eigenvalue weighted by atomic mass is 9.99. The van der Waals surface area contributed by atoms with Crippen molar-refractivity contribution in [3.63, 3.8) is 0 Å². The van der Waals surface area contributed by atoms with E-state index in [1.165, 1.54) is 5.56 Å². The summed E-state index contributed by atoms with van der Waals surface area (Å²) in [5.74, 6) is 2.59. The fourth-order valence-electron chi connectivity index (χ4n) is 3.22. The van der Waals surface area contributed by atoms with E-state index in [-0.39, 0.29) is 0 Å². The van der Waals surface area contributed by atoms with Gasteiger partial charge >= 0.3 is 0 Å². The Morgan fingerprint density at radius 3 is 2.50 bits per heavy atom. The largest absolute Gasteiger partial charge is 0.455 e. The highest BCUT2D eigenvalue weighted by molar-refractivity contribution is 6.08. The molecule has 0 saturated heterocycles. The molecule has 1 aromatic heterocycles. The van der Waals surface area contributed by atoms with Crippen LogP contribution in [0.2, 0.25) is 0 Å². The highest BCUT2D eigenvalue weighted by Crippen LogP contribution is 2.34. The molecule has 0 aliphatic rings. The first-order valence-electron chi connectivity index (χ1n) is 8.64. The highest BCUT2D eigenvalue weighted by Gasteiger charge is 2.11. The summed E-state index contributed by atoms with van der Waals surface area (Å²) < 4.78 is 6.17. The molecule has 4 aromatic rings. The summed E-state index contributed by atoms with van der Waals surface area (Å²) >= 11 is 0. The molecule has 1 heteroatoms. The molecular formula is C25H18O. The third-order valence-electron chi connectivity index (χ3n) is 4.47. The second-order valence-electron chi connectivity index (χ2n) is 6.13. The number of para-hydroxylation sites is 2. The molecule has 0 bridgehead atoms. The number of rotatable bonds is 4. The van der Waals surface area contributed by atoms with Crippen molar-refractivity contribution < 1.29 is 4.42 Å². The third kappa shape index (κ3) is 3.06. The van der Waals surface area contributed by atoms with Crippen LogP contribution < -0.4 is 0 Å². The van der Waals surface area contributed by atoms with Gasteiger partial charge in [0.25, 0.3) is 0 Å². The summed E-state index contributed by atoms with van der Waals surface area (Å²) in [5, 5.41) is 2.26. The van der Waals surface area contributed by atoms with Crippen LogP contribution in [0.5, 0.6) is 0 Å². The molecule has 0 spiro atoms. The summed E-state index contributed by atoms with van der Waals surface area (Å²) in [6.07, 6.45) is 12.2. The van der Waals surface area contributed by atoms with Crippen LogP contribution in [0.3, 0.4) is 0 Å². The Kier molecular flexibility index (Phi) is 4.41. The number of furan rings is 1. The molecule has 1 heterocycles. The topological polar surface area (TPSA) is 13.1 Å². The maximum Gasteiger partial charge on any atom is 0.143 e. The van der Waals surface area contributed by atoms with Gasteiger partial charge in [0.1, 0.15) is 11.2 Å². The number of fused-ring (bicyclic) bond motifs is 3. The van der Waals surface area contributed by atoms with Crippen molar-refractivity contribution >= 4 is 27.5 Å². The summed E-state index contributed by atoms with van der Waals surface area (Å²) in [5.41, 5.74) is 5.18. The van der Waals surface area contributed by atoms with E-state index in [4.69, 9.17) is 10.8 Å². The Hall–Kier alpha value is -3.50. The predicted octanol–water partition coefficient (Wildman–Crippen LogP) is 6.40. The lowest BCUT2D eigenvalue weighted by Gasteiger charge is -2.05. The quantitative estimate of drug-likeness (QED) is 0.311. The summed E-state index contributed by atoms with van der Waals surface area (Å²) in [4.78, 5) is 0. The Balaban J connectivity index is 1.85. The summed E-state index contributed by atoms with van der Waals surface area (Å²) in [7, 11) is 0. The minimum absolute atomic E-state index is 0.835. The number of hydrogen-bond donors (Lipinski definition) is 0. The first-order chi connectivity index (χ1) is 12.9. The van der Waals surface area contributed by atoms with E-state index in [9.17, 15) is 0 Å². The van der Waals surface area contributed by atoms with Crippen LogP contribution in [-0.4, -0.2) is 0 Å². The number of hydrogen-bond acceptors (Lipinski definition) is 1. The molecule has 0 unspecified atom stereocenters. The number of benzene rings is 3. The Morgan fingerprint density at radius 1 is 0.885 bits per heavy atom. The monoisotopic (exact) mass is 334 g/mol. The van der Waals surface area contributed by atoms with Crippen molar-refractivity contribution in [2.45, 2.75) is 6.42 Å². The van der Waals surface area contributed by atoms with E-state index in [1.807, 2.05) is 30.3 Å². The zero-order valence-corrected chi connectivity index (χ0v) is 14.4. The summed E-state index contributed by atoms with van der Waals surface area (Å²) in [6, 6.07) is 24.8. The minimum atomic E-state index is 0.835. The smallest absolute Gasteiger partial charge is 0.143 e. The van der Waals surface area contributed by atoms with E-state index < -0.39 is 0 Å². The maximum atomic E-state index is 6.17. The summed E-state index contributed by atoms with van der Waals surface area (Å²) in [6.45, 7) is 0. The normalized spacial score (nSPS) is 12.0. The zero-order valence-electron chi connectivity index (χ0n) is 14.4. The molecule has 0 amide bonds. The average molecular weight is 334 g/mol. The zero-order chi connectivity index (χ0) is 17.8. The average Bonchev–Trinajstić information content (AvgIpc) is 3.08. The Morgan fingerprint density at radius 2 is 1.65 bits per heavy atom. The van der Waals surface area contributed by atoms with Gasteiger partial charge in [0.2, 0.25) is 0 Å². The molecule has 0 radical (unpaired) electrons. The van der Waals surface area contributed by atoms with Crippen LogP contribution >= 0.6 is 0 Å². The second kappa shape index (κ2) is 7.17. The van der Waals surface area contributed by atoms with Crippen molar-refractivity contribution in [1.82, 2.24) is 0 Å². The van der Waals surface area contributed by atoms with Crippen LogP contribution in [0, 0.1) is 12.3 Å². The number of terminal acetylenes is 1. The van der Waals surface area contributed by atoms with Gasteiger partial charge in [-0.05, 0) is 35.8 Å². The highest BCUT2D eigenvalue weighted by atomic mass is 16.3. The fourth-order valence-corrected chi connectivity index (χ4v) is 3.22. The molecule has 0 saturated carbocycles. The molecule has 0 N–H and O–H groups in total. The van der Waals surface area contributed by atoms with Gasteiger partial charge in [-0.25, -0.2) is 0 Å². The molecule has 0 atom stereocenters. The van der Waals surface area contributed by atoms with Crippen molar-refractivity contribution in [1.29, 1.82) is 0 Å². The Labute approximate surface area is 153 Å². The molecule has 0 aliphatic carbocycles. The molecule has 0 aliphatic heterocycles. The van der Waals surface area contributed by atoms with Gasteiger partial charge in [0, 0.05) is 16.3 Å². The van der Waals surface area contributed by atoms with Crippen LogP contribution in [0.4, 0.5) is 0 Å². The van der Waals surface area contributed by atoms with Gasteiger partial charge in [0.05, 0.1) is 0 Å². The van der Waals surface area contributed by atoms with Gasteiger partial charge in [-0.1, -0.05) is 78.7 Å². The molecule has 0 fully saturated rings. The van der Waals surface area contributed by atoms with Crippen molar-refractivity contribution in [3.05, 3.63) is 102 Å². The van der Waals surface area contributed by atoms with E-state index >= 15 is 0 Å². The van der Waals surface area contributed by atoms with Gasteiger partial charge in [-0.3, -0.25) is 0 Å². The fraction of sp³-hybridized carbons (Fsp3) is 0.0400. The minimum Gasteiger partial charge on any atom is -0.455 e. The first-order valence-corrected chi connectivity index (χ1v) is 8.64. The van der Waals surface area contributed by atoms with E-state index in [1.54, 1.807) is 6.08 Å². The lowest BCUT2D eigenvalue weighted by molar-refractivity contribution is 0.668. The van der Waals surface area contributed by atoms with Crippen LogP contribution in [-0.2, 0) is 6.42 Å². The third-order valence-corrected chi connectivity index (χ3v) is 4.47. The van der Waals surface area contributed by atoms with Crippen molar-refractivity contribution in [2.75, 3.05) is 0 Å². The lowest BCUT2D eigenvalue weighted by Crippen LogP contribution is -1.86. The van der Waals surface area contributed by atoms with Gasteiger partial charge in [-0.2, -0.15) is 0 Å². The maximum absolute atomic E-state index is 6.17. The standard InChI is InChI=1S/C25H18O/c1-2-3-12-20(18-17-19-10-5-4-6-11-19)21-14-9-15-23-22-13-7-8-16-24(22)26-25(21)23/h1,3-16,18H,17H2/b12-3-,20-18+. The van der Waals surface area contributed by atoms with E-state index in [0.29, 0.717) is 0 Å². The van der Waals surface area contributed by atoms with Crippen molar-refractivity contribution in [2.24, 2.45) is 0 Å². The predicted molar refractivity (Wildman–Crippen MR) is 110 cm³/mol. The molecule has 26 heavy (non-hydrogen) atoms. The number of allylic oxidation sites excluding steroid dienone is 4. The second-order valence-corrected chi connectivity index (χ2v) is 6.13.